The summed E-state index contributed by atoms with van der Waals surface area (Å²) in [6.07, 6.45) is 4.40. The van der Waals surface area contributed by atoms with Crippen LogP contribution in [0.2, 0.25) is 0 Å². The van der Waals surface area contributed by atoms with Crippen LogP contribution in [0, 0.1) is 18.6 Å². The van der Waals surface area contributed by atoms with Gasteiger partial charge in [0.15, 0.2) is 0 Å². The van der Waals surface area contributed by atoms with E-state index in [1.54, 1.807) is 0 Å². The van der Waals surface area contributed by atoms with Crippen LogP contribution in [0.15, 0.2) is 42.7 Å². The minimum atomic E-state index is -3.08. The lowest BCUT2D eigenvalue weighted by atomic mass is 10.1. The number of anilines is 3. The Hall–Kier alpha value is -3.01. The van der Waals surface area contributed by atoms with Crippen LogP contribution in [0.3, 0.4) is 0 Å². The first-order valence-corrected chi connectivity index (χ1v) is 11.9. The molecule has 1 N–H and O–H groups in total. The predicted molar refractivity (Wildman–Crippen MR) is 116 cm³/mol. The van der Waals surface area contributed by atoms with Gasteiger partial charge in [0.2, 0.25) is 5.95 Å². The van der Waals surface area contributed by atoms with Gasteiger partial charge in [0.05, 0.1) is 11.4 Å². The van der Waals surface area contributed by atoms with Gasteiger partial charge in [-0.3, -0.25) is 0 Å². The minimum Gasteiger partial charge on any atom is -0.367 e. The summed E-state index contributed by atoms with van der Waals surface area (Å²) < 4.78 is 51.8. The van der Waals surface area contributed by atoms with Crippen LogP contribution >= 0.6 is 0 Å². The van der Waals surface area contributed by atoms with Gasteiger partial charge < -0.3 is 10.2 Å². The van der Waals surface area contributed by atoms with Gasteiger partial charge in [-0.1, -0.05) is 0 Å². The molecule has 2 heterocycles. The lowest BCUT2D eigenvalue weighted by Crippen LogP contribution is -2.34. The number of aryl methyl sites for hydroxylation is 1. The average molecular weight is 448 g/mol. The van der Waals surface area contributed by atoms with Gasteiger partial charge in [-0.2, -0.15) is 4.98 Å². The number of nitrogens with one attached hydrogen (secondary N) is 1. The molecule has 3 aromatic rings. The van der Waals surface area contributed by atoms with Gasteiger partial charge in [0.25, 0.3) is 0 Å². The Kier molecular flexibility index (Phi) is 5.65. The minimum absolute atomic E-state index is 0.0511. The molecule has 31 heavy (non-hydrogen) atoms. The topological polar surface area (TPSA) is 80.1 Å². The van der Waals surface area contributed by atoms with E-state index >= 15 is 0 Å². The Labute approximate surface area is 179 Å². The van der Waals surface area contributed by atoms with Crippen LogP contribution in [-0.4, -0.2) is 47.8 Å². The van der Waals surface area contributed by atoms with Crippen molar-refractivity contribution in [1.29, 1.82) is 0 Å². The molecule has 4 rings (SSSR count). The zero-order valence-electron chi connectivity index (χ0n) is 17.2. The number of benzene rings is 2. The number of rotatable bonds is 6. The van der Waals surface area contributed by atoms with E-state index in [1.165, 1.54) is 29.4 Å². The summed E-state index contributed by atoms with van der Waals surface area (Å²) in [6.45, 7) is 2.75. The molecule has 0 aliphatic carbocycles. The Bertz CT molecular complexity index is 1190. The fraction of sp³-hybridized carbons (Fsp3) is 0.333. The zero-order chi connectivity index (χ0) is 22.2. The summed E-state index contributed by atoms with van der Waals surface area (Å²) in [5.74, 6) is -0.995. The highest BCUT2D eigenvalue weighted by molar-refractivity contribution is 7.90. The Morgan fingerprint density at radius 2 is 1.84 bits per heavy atom. The number of hydrogen-bond donors (Lipinski definition) is 1. The van der Waals surface area contributed by atoms with E-state index in [1.807, 2.05) is 25.1 Å². The van der Waals surface area contributed by atoms with Gasteiger partial charge in [0, 0.05) is 36.3 Å². The molecule has 0 bridgehead atoms. The highest BCUT2D eigenvalue weighted by Gasteiger charge is 2.28. The molecule has 7 nitrogen and oxygen atoms in total. The van der Waals surface area contributed by atoms with Crippen molar-refractivity contribution in [3.05, 3.63) is 59.9 Å². The second kappa shape index (κ2) is 8.26. The van der Waals surface area contributed by atoms with E-state index in [0.717, 1.165) is 42.4 Å². The first-order chi connectivity index (χ1) is 14.7. The van der Waals surface area contributed by atoms with E-state index in [2.05, 4.69) is 20.3 Å². The van der Waals surface area contributed by atoms with E-state index in [9.17, 15) is 17.2 Å². The van der Waals surface area contributed by atoms with E-state index < -0.39 is 21.5 Å². The van der Waals surface area contributed by atoms with Crippen molar-refractivity contribution in [2.24, 2.45) is 0 Å². The largest absolute Gasteiger partial charge is 0.367 e. The van der Waals surface area contributed by atoms with Gasteiger partial charge in [-0.25, -0.2) is 21.9 Å². The maximum absolute atomic E-state index is 13.5. The van der Waals surface area contributed by atoms with Gasteiger partial charge >= 0.3 is 0 Å². The molecule has 1 aliphatic rings. The molecular formula is C21H23F2N5O2S. The maximum Gasteiger partial charge on any atom is 0.246 e. The lowest BCUT2D eigenvalue weighted by molar-refractivity contribution is 0.580. The summed E-state index contributed by atoms with van der Waals surface area (Å²) >= 11 is 0. The molecule has 1 aromatic heterocycles. The molecule has 0 saturated carbocycles. The van der Waals surface area contributed by atoms with E-state index in [4.69, 9.17) is 0 Å². The smallest absolute Gasteiger partial charge is 0.246 e. The number of halogens is 2. The Balaban J connectivity index is 1.56. The van der Waals surface area contributed by atoms with Crippen molar-refractivity contribution in [1.82, 2.24) is 14.8 Å². The van der Waals surface area contributed by atoms with Crippen molar-refractivity contribution >= 4 is 27.2 Å². The van der Waals surface area contributed by atoms with Crippen molar-refractivity contribution in [3.8, 4) is 5.69 Å². The Morgan fingerprint density at radius 3 is 2.55 bits per heavy atom. The van der Waals surface area contributed by atoms with Crippen LogP contribution in [-0.2, 0) is 9.84 Å². The lowest BCUT2D eigenvalue weighted by Gasteiger charge is -2.27. The molecule has 1 aliphatic heterocycles. The highest BCUT2D eigenvalue weighted by atomic mass is 32.2. The second-order valence-corrected chi connectivity index (χ2v) is 10.1. The van der Waals surface area contributed by atoms with Crippen molar-refractivity contribution in [2.75, 3.05) is 28.8 Å². The predicted octanol–water partition coefficient (Wildman–Crippen LogP) is 3.61. The zero-order valence-corrected chi connectivity index (χ0v) is 18.0. The number of hydrogen-bond acceptors (Lipinski definition) is 6. The first-order valence-electron chi connectivity index (χ1n) is 9.87. The summed E-state index contributed by atoms with van der Waals surface area (Å²) in [7, 11) is -3.08. The third-order valence-corrected chi connectivity index (χ3v) is 6.12. The maximum atomic E-state index is 13.5. The third kappa shape index (κ3) is 5.19. The van der Waals surface area contributed by atoms with Crippen LogP contribution < -0.4 is 10.2 Å². The Morgan fingerprint density at radius 1 is 1.10 bits per heavy atom. The van der Waals surface area contributed by atoms with Gasteiger partial charge in [0.1, 0.15) is 27.8 Å². The van der Waals surface area contributed by atoms with E-state index in [0.29, 0.717) is 0 Å². The van der Waals surface area contributed by atoms with Gasteiger partial charge in [-0.15, -0.1) is 5.10 Å². The van der Waals surface area contributed by atoms with Crippen molar-refractivity contribution in [2.45, 2.75) is 25.8 Å². The van der Waals surface area contributed by atoms with Crippen LogP contribution in [0.4, 0.5) is 26.1 Å². The third-order valence-electron chi connectivity index (χ3n) is 5.13. The molecular weight excluding hydrogens is 424 g/mol. The summed E-state index contributed by atoms with van der Waals surface area (Å²) in [4.78, 5) is 6.30. The fourth-order valence-corrected chi connectivity index (χ4v) is 4.99. The summed E-state index contributed by atoms with van der Waals surface area (Å²) in [5.41, 5.74) is 2.89. The first kappa shape index (κ1) is 21.2. The van der Waals surface area contributed by atoms with E-state index in [-0.39, 0.29) is 23.4 Å². The molecule has 10 heteroatoms. The molecule has 0 spiro atoms. The standard InChI is InChI=1S/C21H23F2N5O2S/c1-14-6-17(11-19(7-14)27-5-3-4-18(27)12-31(2,29)30)25-21-24-13-28(26-21)20-9-15(22)8-16(23)10-20/h6-11,13,18H,3-5,12H2,1-2H3,(H,25,26). The van der Waals surface area contributed by atoms with Crippen molar-refractivity contribution in [3.63, 3.8) is 0 Å². The van der Waals surface area contributed by atoms with Crippen LogP contribution in [0.1, 0.15) is 18.4 Å². The molecule has 2 aromatic carbocycles. The highest BCUT2D eigenvalue weighted by Crippen LogP contribution is 2.30. The fourth-order valence-electron chi connectivity index (χ4n) is 3.94. The monoisotopic (exact) mass is 447 g/mol. The molecule has 0 amide bonds. The quantitative estimate of drug-likeness (QED) is 0.622. The molecule has 1 fully saturated rings. The normalized spacial score (nSPS) is 16.6. The summed E-state index contributed by atoms with van der Waals surface area (Å²) in [6, 6.07) is 8.95. The second-order valence-electron chi connectivity index (χ2n) is 7.90. The molecule has 0 radical (unpaired) electrons. The average Bonchev–Trinajstić information content (AvgIpc) is 3.28. The summed E-state index contributed by atoms with van der Waals surface area (Å²) in [5, 5.41) is 7.36. The van der Waals surface area contributed by atoms with Crippen molar-refractivity contribution < 1.29 is 17.2 Å². The van der Waals surface area contributed by atoms with Gasteiger partial charge in [-0.05, 0) is 55.7 Å². The SMILES string of the molecule is Cc1cc(Nc2ncn(-c3cc(F)cc(F)c3)n2)cc(N2CCCC2CS(C)(=O)=O)c1. The molecule has 164 valence electrons. The number of sulfone groups is 1. The molecule has 1 saturated heterocycles. The number of aromatic nitrogens is 3. The number of nitrogens with zero attached hydrogens (tertiary/aromatic N) is 4. The van der Waals surface area contributed by atoms with Crippen LogP contribution in [0.5, 0.6) is 0 Å². The molecule has 1 atom stereocenters. The molecule has 1 unspecified atom stereocenters. The van der Waals surface area contributed by atoms with Crippen LogP contribution in [0.25, 0.3) is 5.69 Å².